The molecule has 0 spiro atoms. The molecule has 8 heteroatoms. The van der Waals surface area contributed by atoms with Crippen LogP contribution in [0.25, 0.3) is 0 Å². The number of hydrogen-bond acceptors (Lipinski definition) is 4. The van der Waals surface area contributed by atoms with Gasteiger partial charge < -0.3 is 14.5 Å². The maximum atomic E-state index is 14.0. The summed E-state index contributed by atoms with van der Waals surface area (Å²) in [6, 6.07) is 9.07. The Balaban J connectivity index is 1.68. The SMILES string of the molecule is COCC(=O)N(Cc1ccc(F)cc1F)C[C@H]1CC(c2ccc(F)cc2)=NO1. The minimum absolute atomic E-state index is 0.0555. The number of carbonyl (C=O) groups excluding carboxylic acids is 1. The van der Waals surface area contributed by atoms with Crippen LogP contribution in [0.4, 0.5) is 13.2 Å². The van der Waals surface area contributed by atoms with E-state index in [9.17, 15) is 18.0 Å². The zero-order valence-corrected chi connectivity index (χ0v) is 15.2. The Morgan fingerprint density at radius 1 is 1.18 bits per heavy atom. The molecule has 1 aliphatic rings. The van der Waals surface area contributed by atoms with Crippen molar-refractivity contribution in [2.75, 3.05) is 20.3 Å². The second-order valence-corrected chi connectivity index (χ2v) is 6.42. The standard InChI is InChI=1S/C20H19F3N2O3/c1-27-12-20(26)25(10-14-4-7-16(22)8-18(14)23)11-17-9-19(24-28-17)13-2-5-15(21)6-3-13/h2-8,17H,9-12H2,1H3/t17-/m1/s1. The quantitative estimate of drug-likeness (QED) is 0.727. The third kappa shape index (κ3) is 4.89. The van der Waals surface area contributed by atoms with E-state index >= 15 is 0 Å². The topological polar surface area (TPSA) is 51.1 Å². The van der Waals surface area contributed by atoms with Gasteiger partial charge in [-0.25, -0.2) is 13.2 Å². The number of benzene rings is 2. The summed E-state index contributed by atoms with van der Waals surface area (Å²) in [6.45, 7) is -0.0888. The number of nitrogens with zero attached hydrogens (tertiary/aromatic N) is 2. The Labute approximate surface area is 160 Å². The fourth-order valence-electron chi connectivity index (χ4n) is 2.91. The summed E-state index contributed by atoms with van der Waals surface area (Å²) in [5.41, 5.74) is 1.55. The molecule has 1 amide bonds. The largest absolute Gasteiger partial charge is 0.390 e. The molecule has 0 fully saturated rings. The zero-order chi connectivity index (χ0) is 20.1. The summed E-state index contributed by atoms with van der Waals surface area (Å²) in [4.78, 5) is 19.2. The summed E-state index contributed by atoms with van der Waals surface area (Å²) in [5, 5.41) is 4.01. The molecule has 28 heavy (non-hydrogen) atoms. The molecule has 2 aromatic rings. The lowest BCUT2D eigenvalue weighted by atomic mass is 10.0. The van der Waals surface area contributed by atoms with Crippen molar-refractivity contribution in [2.24, 2.45) is 5.16 Å². The molecule has 1 atom stereocenters. The monoisotopic (exact) mass is 392 g/mol. The molecule has 1 aliphatic heterocycles. The van der Waals surface area contributed by atoms with E-state index in [-0.39, 0.29) is 37.0 Å². The van der Waals surface area contributed by atoms with Crippen LogP contribution in [0.3, 0.4) is 0 Å². The van der Waals surface area contributed by atoms with E-state index in [1.807, 2.05) is 0 Å². The Morgan fingerprint density at radius 2 is 1.89 bits per heavy atom. The summed E-state index contributed by atoms with van der Waals surface area (Å²) in [6.07, 6.45) is -0.0294. The highest BCUT2D eigenvalue weighted by Gasteiger charge is 2.27. The molecule has 0 radical (unpaired) electrons. The molecule has 0 aromatic heterocycles. The van der Waals surface area contributed by atoms with E-state index < -0.39 is 17.7 Å². The minimum Gasteiger partial charge on any atom is -0.390 e. The van der Waals surface area contributed by atoms with Gasteiger partial charge in [-0.3, -0.25) is 4.79 Å². The lowest BCUT2D eigenvalue weighted by molar-refractivity contribution is -0.137. The molecule has 0 unspecified atom stereocenters. The first-order chi connectivity index (χ1) is 13.5. The number of methoxy groups -OCH3 is 1. The first kappa shape index (κ1) is 19.9. The van der Waals surface area contributed by atoms with Gasteiger partial charge in [-0.15, -0.1) is 0 Å². The highest BCUT2D eigenvalue weighted by atomic mass is 19.1. The Morgan fingerprint density at radius 3 is 2.57 bits per heavy atom. The van der Waals surface area contributed by atoms with Crippen LogP contribution in [0.2, 0.25) is 0 Å². The molecule has 1 heterocycles. The van der Waals surface area contributed by atoms with Crippen molar-refractivity contribution in [3.05, 3.63) is 71.0 Å². The molecule has 2 aromatic carbocycles. The molecular formula is C20H19F3N2O3. The van der Waals surface area contributed by atoms with E-state index in [1.54, 1.807) is 12.1 Å². The van der Waals surface area contributed by atoms with Crippen LogP contribution < -0.4 is 0 Å². The number of amides is 1. The van der Waals surface area contributed by atoms with Gasteiger partial charge >= 0.3 is 0 Å². The van der Waals surface area contributed by atoms with Crippen molar-refractivity contribution >= 4 is 11.6 Å². The molecule has 148 valence electrons. The number of oxime groups is 1. The van der Waals surface area contributed by atoms with E-state index in [4.69, 9.17) is 9.57 Å². The van der Waals surface area contributed by atoms with Gasteiger partial charge in [0.25, 0.3) is 0 Å². The molecule has 0 saturated heterocycles. The van der Waals surface area contributed by atoms with Crippen LogP contribution in [0, 0.1) is 17.5 Å². The Bertz CT molecular complexity index is 871. The van der Waals surface area contributed by atoms with Crippen molar-refractivity contribution in [3.8, 4) is 0 Å². The van der Waals surface area contributed by atoms with E-state index in [1.165, 1.54) is 30.2 Å². The molecule has 0 saturated carbocycles. The van der Waals surface area contributed by atoms with Crippen LogP contribution in [-0.2, 0) is 20.9 Å². The van der Waals surface area contributed by atoms with Crippen LogP contribution in [0.15, 0.2) is 47.6 Å². The number of hydrogen-bond donors (Lipinski definition) is 0. The molecular weight excluding hydrogens is 373 g/mol. The van der Waals surface area contributed by atoms with Crippen molar-refractivity contribution in [2.45, 2.75) is 19.1 Å². The fourth-order valence-corrected chi connectivity index (χ4v) is 2.91. The van der Waals surface area contributed by atoms with Gasteiger partial charge in [-0.05, 0) is 23.8 Å². The average molecular weight is 392 g/mol. The van der Waals surface area contributed by atoms with Gasteiger partial charge in [-0.2, -0.15) is 0 Å². The van der Waals surface area contributed by atoms with Gasteiger partial charge in [0, 0.05) is 31.7 Å². The van der Waals surface area contributed by atoms with Gasteiger partial charge in [0.05, 0.1) is 12.3 Å². The van der Waals surface area contributed by atoms with E-state index in [2.05, 4.69) is 5.16 Å². The van der Waals surface area contributed by atoms with Gasteiger partial charge in [-0.1, -0.05) is 23.4 Å². The number of halogens is 3. The minimum atomic E-state index is -0.731. The van der Waals surface area contributed by atoms with E-state index in [0.29, 0.717) is 12.1 Å². The van der Waals surface area contributed by atoms with Crippen molar-refractivity contribution in [1.82, 2.24) is 4.90 Å². The molecule has 5 nitrogen and oxygen atoms in total. The van der Waals surface area contributed by atoms with Crippen molar-refractivity contribution < 1.29 is 27.5 Å². The van der Waals surface area contributed by atoms with Crippen LogP contribution in [0.1, 0.15) is 17.5 Å². The molecule has 0 aliphatic carbocycles. The van der Waals surface area contributed by atoms with Crippen LogP contribution >= 0.6 is 0 Å². The van der Waals surface area contributed by atoms with Gasteiger partial charge in [0.1, 0.15) is 24.1 Å². The van der Waals surface area contributed by atoms with Crippen LogP contribution in [0.5, 0.6) is 0 Å². The fraction of sp³-hybridized carbons (Fsp3) is 0.300. The summed E-state index contributed by atoms with van der Waals surface area (Å²) < 4.78 is 45.1. The summed E-state index contributed by atoms with van der Waals surface area (Å²) in [7, 11) is 1.39. The second kappa shape index (κ2) is 8.88. The third-order valence-electron chi connectivity index (χ3n) is 4.33. The van der Waals surface area contributed by atoms with Crippen LogP contribution in [-0.4, -0.2) is 42.9 Å². The summed E-state index contributed by atoms with van der Waals surface area (Å²) in [5.74, 6) is -2.12. The number of carbonyl (C=O) groups is 1. The van der Waals surface area contributed by atoms with Crippen molar-refractivity contribution in [3.63, 3.8) is 0 Å². The van der Waals surface area contributed by atoms with Gasteiger partial charge in [0.2, 0.25) is 5.91 Å². The zero-order valence-electron chi connectivity index (χ0n) is 15.2. The maximum absolute atomic E-state index is 14.0. The smallest absolute Gasteiger partial charge is 0.248 e. The van der Waals surface area contributed by atoms with E-state index in [0.717, 1.165) is 17.7 Å². The second-order valence-electron chi connectivity index (χ2n) is 6.42. The third-order valence-corrected chi connectivity index (χ3v) is 4.33. The predicted octanol–water partition coefficient (Wildman–Crippen LogP) is 3.27. The first-order valence-electron chi connectivity index (χ1n) is 8.65. The molecule has 3 rings (SSSR count). The normalized spacial score (nSPS) is 15.9. The lowest BCUT2D eigenvalue weighted by Crippen LogP contribution is -2.39. The summed E-state index contributed by atoms with van der Waals surface area (Å²) >= 11 is 0. The highest BCUT2D eigenvalue weighted by molar-refractivity contribution is 6.01. The highest BCUT2D eigenvalue weighted by Crippen LogP contribution is 2.20. The predicted molar refractivity (Wildman–Crippen MR) is 96.1 cm³/mol. The van der Waals surface area contributed by atoms with Gasteiger partial charge in [0.15, 0.2) is 6.10 Å². The molecule has 0 N–H and O–H groups in total. The number of ether oxygens (including phenoxy) is 1. The molecule has 0 bridgehead atoms. The first-order valence-corrected chi connectivity index (χ1v) is 8.65. The number of rotatable bonds is 7. The Kier molecular flexibility index (Phi) is 6.30. The lowest BCUT2D eigenvalue weighted by Gasteiger charge is -2.25. The Hall–Kier alpha value is -2.87. The average Bonchev–Trinajstić information content (AvgIpc) is 3.12. The van der Waals surface area contributed by atoms with Crippen molar-refractivity contribution in [1.29, 1.82) is 0 Å². The maximum Gasteiger partial charge on any atom is 0.248 e.